The van der Waals surface area contributed by atoms with E-state index < -0.39 is 0 Å². The van der Waals surface area contributed by atoms with E-state index in [1.807, 2.05) is 44.3 Å². The van der Waals surface area contributed by atoms with Crippen molar-refractivity contribution in [2.24, 2.45) is 0 Å². The van der Waals surface area contributed by atoms with Gasteiger partial charge in [0.2, 0.25) is 5.95 Å². The van der Waals surface area contributed by atoms with E-state index in [2.05, 4.69) is 43.8 Å². The van der Waals surface area contributed by atoms with Crippen molar-refractivity contribution in [1.29, 1.82) is 0 Å². The maximum absolute atomic E-state index is 8.12. The van der Waals surface area contributed by atoms with Gasteiger partial charge in [-0.3, -0.25) is 0 Å². The summed E-state index contributed by atoms with van der Waals surface area (Å²) in [5, 5.41) is 9.17. The summed E-state index contributed by atoms with van der Waals surface area (Å²) in [6.07, 6.45) is 2.15. The Kier molecular flexibility index (Phi) is 7.69. The van der Waals surface area contributed by atoms with Crippen LogP contribution in [0.2, 0.25) is 0 Å². The monoisotopic (exact) mass is 448 g/mol. The Bertz CT molecular complexity index is 1140. The SMILES string of the molecule is COc1ccc(-c2nnc(N3CCN(c4ncc(C)c(C)n4)CC3)c(C)c2C)cc1.O=C=O. The van der Waals surface area contributed by atoms with Crippen LogP contribution >= 0.6 is 0 Å². The van der Waals surface area contributed by atoms with Crippen LogP contribution in [-0.4, -0.2) is 59.6 Å². The van der Waals surface area contributed by atoms with Crippen molar-refractivity contribution in [3.8, 4) is 17.0 Å². The van der Waals surface area contributed by atoms with Crippen molar-refractivity contribution < 1.29 is 14.3 Å². The molecular weight excluding hydrogens is 420 g/mol. The van der Waals surface area contributed by atoms with Gasteiger partial charge in [0.15, 0.2) is 5.82 Å². The van der Waals surface area contributed by atoms with E-state index in [0.717, 1.165) is 71.8 Å². The molecule has 33 heavy (non-hydrogen) atoms. The number of nitrogens with zero attached hydrogens (tertiary/aromatic N) is 6. The lowest BCUT2D eigenvalue weighted by atomic mass is 10.0. The van der Waals surface area contributed by atoms with Crippen LogP contribution in [0.15, 0.2) is 30.5 Å². The number of hydrogen-bond acceptors (Lipinski definition) is 9. The normalized spacial score (nSPS) is 13.1. The molecule has 0 unspecified atom stereocenters. The van der Waals surface area contributed by atoms with Gasteiger partial charge in [0.25, 0.3) is 0 Å². The van der Waals surface area contributed by atoms with E-state index in [-0.39, 0.29) is 6.15 Å². The number of aromatic nitrogens is 4. The zero-order chi connectivity index (χ0) is 24.0. The molecule has 0 amide bonds. The Labute approximate surface area is 193 Å². The van der Waals surface area contributed by atoms with Gasteiger partial charge in [-0.25, -0.2) is 9.97 Å². The van der Waals surface area contributed by atoms with E-state index in [9.17, 15) is 0 Å². The van der Waals surface area contributed by atoms with Crippen LogP contribution in [0, 0.1) is 27.7 Å². The van der Waals surface area contributed by atoms with E-state index >= 15 is 0 Å². The first-order valence-electron chi connectivity index (χ1n) is 10.7. The Morgan fingerprint density at radius 2 is 1.48 bits per heavy atom. The van der Waals surface area contributed by atoms with Crippen LogP contribution in [0.1, 0.15) is 22.4 Å². The molecule has 0 spiro atoms. The third-order valence-electron chi connectivity index (χ3n) is 5.94. The number of rotatable bonds is 4. The predicted octanol–water partition coefficient (Wildman–Crippen LogP) is 2.92. The Hall–Kier alpha value is -3.84. The molecular formula is C24H28N6O3. The molecule has 0 saturated carbocycles. The molecule has 4 rings (SSSR count). The van der Waals surface area contributed by atoms with Crippen molar-refractivity contribution in [3.05, 3.63) is 52.8 Å². The van der Waals surface area contributed by atoms with Crippen molar-refractivity contribution >= 4 is 17.9 Å². The second kappa shape index (κ2) is 10.7. The van der Waals surface area contributed by atoms with Gasteiger partial charge in [-0.05, 0) is 68.7 Å². The van der Waals surface area contributed by atoms with Crippen molar-refractivity contribution in [3.63, 3.8) is 0 Å². The molecule has 0 aliphatic carbocycles. The first kappa shape index (κ1) is 23.8. The summed E-state index contributed by atoms with van der Waals surface area (Å²) in [6.45, 7) is 11.8. The molecule has 1 aliphatic heterocycles. The molecule has 3 aromatic rings. The molecule has 2 aromatic heterocycles. The largest absolute Gasteiger partial charge is 0.497 e. The number of hydrogen-bond donors (Lipinski definition) is 0. The van der Waals surface area contributed by atoms with Crippen LogP contribution < -0.4 is 14.5 Å². The van der Waals surface area contributed by atoms with E-state index in [0.29, 0.717) is 0 Å². The minimum absolute atomic E-state index is 0.250. The number of piperazine rings is 1. The van der Waals surface area contributed by atoms with Gasteiger partial charge in [-0.15, -0.1) is 10.2 Å². The van der Waals surface area contributed by atoms with Gasteiger partial charge in [0.1, 0.15) is 5.75 Å². The number of anilines is 2. The van der Waals surface area contributed by atoms with Crippen molar-refractivity contribution in [2.45, 2.75) is 27.7 Å². The Morgan fingerprint density at radius 1 is 0.879 bits per heavy atom. The van der Waals surface area contributed by atoms with Gasteiger partial charge in [-0.1, -0.05) is 0 Å². The lowest BCUT2D eigenvalue weighted by Crippen LogP contribution is -2.47. The molecule has 3 heterocycles. The molecule has 0 bridgehead atoms. The number of carbonyl (C=O) groups excluding carboxylic acids is 2. The fourth-order valence-corrected chi connectivity index (χ4v) is 3.70. The second-order valence-electron chi connectivity index (χ2n) is 7.85. The van der Waals surface area contributed by atoms with Crippen LogP contribution in [0.25, 0.3) is 11.3 Å². The summed E-state index contributed by atoms with van der Waals surface area (Å²) >= 11 is 0. The number of ether oxygens (including phenoxy) is 1. The summed E-state index contributed by atoms with van der Waals surface area (Å²) in [5.74, 6) is 2.61. The molecule has 9 nitrogen and oxygen atoms in total. The van der Waals surface area contributed by atoms with Crippen LogP contribution in [0.5, 0.6) is 5.75 Å². The molecule has 0 radical (unpaired) electrons. The molecule has 0 N–H and O–H groups in total. The number of benzene rings is 1. The lowest BCUT2D eigenvalue weighted by molar-refractivity contribution is -0.191. The van der Waals surface area contributed by atoms with Gasteiger partial charge in [0.05, 0.1) is 12.8 Å². The Balaban J connectivity index is 0.000000968. The van der Waals surface area contributed by atoms with Crippen LogP contribution in [0.4, 0.5) is 11.8 Å². The summed E-state index contributed by atoms with van der Waals surface area (Å²) in [6, 6.07) is 7.95. The van der Waals surface area contributed by atoms with Gasteiger partial charge >= 0.3 is 6.15 Å². The van der Waals surface area contributed by atoms with Crippen molar-refractivity contribution in [2.75, 3.05) is 43.1 Å². The molecule has 1 saturated heterocycles. The third kappa shape index (κ3) is 5.32. The summed E-state index contributed by atoms with van der Waals surface area (Å²) in [4.78, 5) is 30.0. The highest BCUT2D eigenvalue weighted by atomic mass is 16.5. The first-order chi connectivity index (χ1) is 15.9. The predicted molar refractivity (Wildman–Crippen MR) is 124 cm³/mol. The second-order valence-corrected chi connectivity index (χ2v) is 7.85. The first-order valence-corrected chi connectivity index (χ1v) is 10.7. The number of aryl methyl sites for hydroxylation is 2. The standard InChI is InChI=1S/C23H28N6O.CO2/c1-15-14-24-23(25-18(15)4)29-12-10-28(11-13-29)22-17(3)16(2)21(26-27-22)19-6-8-20(30-5)9-7-19;2-1-3/h6-9,14H,10-13H2,1-5H3;. The van der Waals surface area contributed by atoms with E-state index in [4.69, 9.17) is 14.3 Å². The fourth-order valence-electron chi connectivity index (χ4n) is 3.70. The average Bonchev–Trinajstić information content (AvgIpc) is 2.83. The van der Waals surface area contributed by atoms with Gasteiger partial charge in [-0.2, -0.15) is 9.59 Å². The zero-order valence-corrected chi connectivity index (χ0v) is 19.6. The summed E-state index contributed by atoms with van der Waals surface area (Å²) in [7, 11) is 1.67. The van der Waals surface area contributed by atoms with Crippen LogP contribution in [0.3, 0.4) is 0 Å². The summed E-state index contributed by atoms with van der Waals surface area (Å²) < 4.78 is 5.25. The molecule has 0 atom stereocenters. The highest BCUT2D eigenvalue weighted by Crippen LogP contribution is 2.29. The van der Waals surface area contributed by atoms with E-state index in [1.54, 1.807) is 7.11 Å². The highest BCUT2D eigenvalue weighted by Gasteiger charge is 2.23. The van der Waals surface area contributed by atoms with Gasteiger partial charge < -0.3 is 14.5 Å². The minimum atomic E-state index is 0.250. The zero-order valence-electron chi connectivity index (χ0n) is 19.6. The molecule has 1 aliphatic rings. The lowest BCUT2D eigenvalue weighted by Gasteiger charge is -2.36. The molecule has 172 valence electrons. The summed E-state index contributed by atoms with van der Waals surface area (Å²) in [5.41, 5.74) is 6.45. The highest BCUT2D eigenvalue weighted by molar-refractivity contribution is 5.67. The topological polar surface area (TPSA) is 101 Å². The minimum Gasteiger partial charge on any atom is -0.497 e. The van der Waals surface area contributed by atoms with Gasteiger partial charge in [0, 0.05) is 43.6 Å². The average molecular weight is 449 g/mol. The number of methoxy groups -OCH3 is 1. The van der Waals surface area contributed by atoms with E-state index in [1.165, 1.54) is 5.56 Å². The van der Waals surface area contributed by atoms with Crippen LogP contribution in [-0.2, 0) is 9.59 Å². The third-order valence-corrected chi connectivity index (χ3v) is 5.94. The quantitative estimate of drug-likeness (QED) is 0.596. The maximum atomic E-state index is 8.12. The fraction of sp³-hybridized carbons (Fsp3) is 0.375. The molecule has 1 fully saturated rings. The molecule has 1 aromatic carbocycles. The Morgan fingerprint density at radius 3 is 2.06 bits per heavy atom. The molecule has 9 heteroatoms. The smallest absolute Gasteiger partial charge is 0.373 e. The van der Waals surface area contributed by atoms with Crippen molar-refractivity contribution in [1.82, 2.24) is 20.2 Å². The maximum Gasteiger partial charge on any atom is 0.373 e.